The van der Waals surface area contributed by atoms with Gasteiger partial charge in [-0.2, -0.15) is 0 Å². The Morgan fingerprint density at radius 3 is 1.86 bits per heavy atom. The van der Waals surface area contributed by atoms with Crippen LogP contribution in [-0.4, -0.2) is 18.3 Å². The van der Waals surface area contributed by atoms with Gasteiger partial charge in [0.25, 0.3) is 0 Å². The topological polar surface area (TPSA) is 34.1 Å². The van der Waals surface area contributed by atoms with E-state index in [-0.39, 0.29) is 0 Å². The van der Waals surface area contributed by atoms with Crippen molar-refractivity contribution >= 4 is 37.4 Å². The zero-order valence-corrected chi connectivity index (χ0v) is 6.72. The van der Waals surface area contributed by atoms with E-state index in [1.165, 1.54) is 0 Å². The van der Waals surface area contributed by atoms with E-state index >= 15 is 0 Å². The Morgan fingerprint density at radius 2 is 1.86 bits per heavy atom. The van der Waals surface area contributed by atoms with Crippen molar-refractivity contribution in [2.75, 3.05) is 6.26 Å². The van der Waals surface area contributed by atoms with Crippen LogP contribution in [0.1, 0.15) is 0 Å². The number of sulfone groups is 1. The first-order chi connectivity index (χ1) is 2.94. The molecule has 0 aromatic heterocycles. The highest BCUT2D eigenvalue weighted by atomic mass is 79.9. The maximum Gasteiger partial charge on any atom is 0.189 e. The third-order valence-corrected chi connectivity index (χ3v) is 3.98. The van der Waals surface area contributed by atoms with Gasteiger partial charge in [-0.1, -0.05) is 27.5 Å². The molecule has 0 saturated carbocycles. The van der Waals surface area contributed by atoms with Gasteiger partial charge in [-0.05, 0) is 0 Å². The lowest BCUT2D eigenvalue weighted by molar-refractivity contribution is 0.605. The Bertz CT molecular complexity index is 138. The van der Waals surface area contributed by atoms with E-state index in [9.17, 15) is 8.42 Å². The first-order valence-electron chi connectivity index (χ1n) is 1.41. The molecule has 0 heterocycles. The highest BCUT2D eigenvalue weighted by molar-refractivity contribution is 9.11. The summed E-state index contributed by atoms with van der Waals surface area (Å²) in [5, 5.41) is 0. The van der Waals surface area contributed by atoms with E-state index in [0.29, 0.717) is 0 Å². The molecule has 0 saturated heterocycles. The van der Waals surface area contributed by atoms with Gasteiger partial charge in [0.15, 0.2) is 13.5 Å². The standard InChI is InChI=1S/C2H4BrClO2S/c1-7(5,6)2(3)4/h2H,1H3. The summed E-state index contributed by atoms with van der Waals surface area (Å²) in [6.45, 7) is 0. The molecule has 0 aromatic rings. The highest BCUT2D eigenvalue weighted by Crippen LogP contribution is 2.10. The van der Waals surface area contributed by atoms with Crippen LogP contribution >= 0.6 is 27.5 Å². The van der Waals surface area contributed by atoms with Crippen molar-refractivity contribution in [3.63, 3.8) is 0 Å². The van der Waals surface area contributed by atoms with Crippen molar-refractivity contribution in [1.82, 2.24) is 0 Å². The first-order valence-corrected chi connectivity index (χ1v) is 4.72. The van der Waals surface area contributed by atoms with Gasteiger partial charge in [-0.25, -0.2) is 8.42 Å². The van der Waals surface area contributed by atoms with Crippen LogP contribution in [-0.2, 0) is 9.84 Å². The van der Waals surface area contributed by atoms with E-state index in [0.717, 1.165) is 6.26 Å². The van der Waals surface area contributed by atoms with Gasteiger partial charge in [0, 0.05) is 6.26 Å². The monoisotopic (exact) mass is 206 g/mol. The Labute approximate surface area is 55.9 Å². The molecule has 2 nitrogen and oxygen atoms in total. The van der Waals surface area contributed by atoms with Gasteiger partial charge in [0.1, 0.15) is 0 Å². The number of alkyl halides is 2. The molecule has 1 unspecified atom stereocenters. The van der Waals surface area contributed by atoms with Crippen LogP contribution in [0.3, 0.4) is 0 Å². The molecule has 5 heteroatoms. The molecule has 0 spiro atoms. The van der Waals surface area contributed by atoms with Crippen LogP contribution in [0.15, 0.2) is 0 Å². The van der Waals surface area contributed by atoms with Crippen molar-refractivity contribution in [3.8, 4) is 0 Å². The maximum absolute atomic E-state index is 10.2. The summed E-state index contributed by atoms with van der Waals surface area (Å²) in [6.07, 6.45) is 1.05. The van der Waals surface area contributed by atoms with Gasteiger partial charge in [-0.3, -0.25) is 0 Å². The smallest absolute Gasteiger partial charge is 0.189 e. The van der Waals surface area contributed by atoms with Crippen molar-refractivity contribution in [2.45, 2.75) is 3.62 Å². The van der Waals surface area contributed by atoms with Crippen molar-refractivity contribution in [1.29, 1.82) is 0 Å². The second-order valence-electron chi connectivity index (χ2n) is 1.09. The van der Waals surface area contributed by atoms with E-state index in [4.69, 9.17) is 11.6 Å². The number of hydrogen-bond acceptors (Lipinski definition) is 2. The SMILES string of the molecule is CS(=O)(=O)C(Cl)Br. The molecule has 0 radical (unpaired) electrons. The molecule has 0 aromatic carbocycles. The molecule has 0 N–H and O–H groups in total. The third-order valence-electron chi connectivity index (χ3n) is 0.324. The lowest BCUT2D eigenvalue weighted by atomic mass is 11.9. The molecule has 44 valence electrons. The minimum Gasteiger partial charge on any atom is -0.227 e. The van der Waals surface area contributed by atoms with Crippen molar-refractivity contribution in [2.24, 2.45) is 0 Å². The zero-order valence-electron chi connectivity index (χ0n) is 3.56. The summed E-state index contributed by atoms with van der Waals surface area (Å²) in [5.74, 6) is 0. The average Bonchev–Trinajstić information content (AvgIpc) is 1.31. The number of hydrogen-bond donors (Lipinski definition) is 0. The van der Waals surface area contributed by atoms with Crippen LogP contribution in [0, 0.1) is 0 Å². The van der Waals surface area contributed by atoms with Crippen LogP contribution < -0.4 is 0 Å². The van der Waals surface area contributed by atoms with Gasteiger partial charge >= 0.3 is 0 Å². The number of halogens is 2. The predicted octanol–water partition coefficient (Wildman–Crippen LogP) is 0.948. The summed E-state index contributed by atoms with van der Waals surface area (Å²) in [6, 6.07) is 0. The molecular weight excluding hydrogens is 203 g/mol. The largest absolute Gasteiger partial charge is 0.227 e. The second kappa shape index (κ2) is 2.33. The summed E-state index contributed by atoms with van der Waals surface area (Å²) in [4.78, 5) is 0. The van der Waals surface area contributed by atoms with Crippen molar-refractivity contribution in [3.05, 3.63) is 0 Å². The molecule has 0 aliphatic rings. The van der Waals surface area contributed by atoms with E-state index < -0.39 is 13.5 Å². The normalized spacial score (nSPS) is 16.4. The molecule has 1 atom stereocenters. The lowest BCUT2D eigenvalue weighted by Crippen LogP contribution is -2.03. The van der Waals surface area contributed by atoms with Crippen LogP contribution in [0.2, 0.25) is 0 Å². The predicted molar refractivity (Wildman–Crippen MR) is 33.4 cm³/mol. The molecule has 7 heavy (non-hydrogen) atoms. The molecule has 0 fully saturated rings. The maximum atomic E-state index is 10.2. The Kier molecular flexibility index (Phi) is 2.57. The van der Waals surface area contributed by atoms with Gasteiger partial charge in [0.05, 0.1) is 0 Å². The van der Waals surface area contributed by atoms with Crippen LogP contribution in [0.4, 0.5) is 0 Å². The summed E-state index contributed by atoms with van der Waals surface area (Å²) < 4.78 is 19.4. The van der Waals surface area contributed by atoms with Crippen LogP contribution in [0.25, 0.3) is 0 Å². The first kappa shape index (κ1) is 7.72. The van der Waals surface area contributed by atoms with Crippen LogP contribution in [0.5, 0.6) is 0 Å². The van der Waals surface area contributed by atoms with Crippen molar-refractivity contribution < 1.29 is 8.42 Å². The Balaban J connectivity index is 4.10. The van der Waals surface area contributed by atoms with Gasteiger partial charge in [0.2, 0.25) is 0 Å². The third kappa shape index (κ3) is 3.32. The lowest BCUT2D eigenvalue weighted by Gasteiger charge is -1.91. The summed E-state index contributed by atoms with van der Waals surface area (Å²) in [5.41, 5.74) is 0. The van der Waals surface area contributed by atoms with Gasteiger partial charge < -0.3 is 0 Å². The van der Waals surface area contributed by atoms with Gasteiger partial charge in [-0.15, -0.1) is 0 Å². The van der Waals surface area contributed by atoms with E-state index in [1.54, 1.807) is 0 Å². The second-order valence-corrected chi connectivity index (χ2v) is 5.96. The molecule has 0 rings (SSSR count). The number of rotatable bonds is 1. The fourth-order valence-electron chi connectivity index (χ4n) is 0. The minimum atomic E-state index is -3.06. The summed E-state index contributed by atoms with van der Waals surface area (Å²) in [7, 11) is -3.06. The molecule has 0 amide bonds. The molecule has 0 aliphatic heterocycles. The Morgan fingerprint density at radius 1 is 1.71 bits per heavy atom. The highest BCUT2D eigenvalue weighted by Gasteiger charge is 2.10. The molecule has 0 bridgehead atoms. The average molecular weight is 207 g/mol. The fraction of sp³-hybridized carbons (Fsp3) is 1.00. The zero-order chi connectivity index (χ0) is 6.08. The summed E-state index contributed by atoms with van der Waals surface area (Å²) >= 11 is 7.75. The molecule has 0 aliphatic carbocycles. The fourth-order valence-corrected chi connectivity index (χ4v) is 0. The Hall–Kier alpha value is 0.720. The van der Waals surface area contributed by atoms with E-state index in [1.807, 2.05) is 0 Å². The quantitative estimate of drug-likeness (QED) is 0.600. The minimum absolute atomic E-state index is 0.944. The molecular formula is C2H4BrClO2S. The van der Waals surface area contributed by atoms with E-state index in [2.05, 4.69) is 15.9 Å².